The first-order valence-electron chi connectivity index (χ1n) is 7.94. The van der Waals surface area contributed by atoms with Crippen molar-refractivity contribution < 1.29 is 4.79 Å². The average molecular weight is 307 g/mol. The van der Waals surface area contributed by atoms with Crippen molar-refractivity contribution in [3.63, 3.8) is 0 Å². The number of piperidine rings is 1. The smallest absolute Gasteiger partial charge is 0.223 e. The van der Waals surface area contributed by atoms with Gasteiger partial charge in [-0.25, -0.2) is 0 Å². The van der Waals surface area contributed by atoms with Crippen LogP contribution in [0.2, 0.25) is 0 Å². The number of halogens is 1. The SMILES string of the molecule is O=C1CC(CCl)CN1Cc1ccc(N2CCCCC2)cc1. The molecule has 1 aromatic carbocycles. The van der Waals surface area contributed by atoms with Crippen LogP contribution in [0.25, 0.3) is 0 Å². The van der Waals surface area contributed by atoms with Crippen LogP contribution in [0.4, 0.5) is 5.69 Å². The second-order valence-corrected chi connectivity index (χ2v) is 6.52. The molecular formula is C17H23ClN2O. The third-order valence-electron chi connectivity index (χ3n) is 4.54. The number of rotatable bonds is 4. The zero-order valence-electron chi connectivity index (χ0n) is 12.4. The summed E-state index contributed by atoms with van der Waals surface area (Å²) in [6.45, 7) is 3.85. The van der Waals surface area contributed by atoms with E-state index in [1.165, 1.54) is 43.6 Å². The van der Waals surface area contributed by atoms with Crippen molar-refractivity contribution in [2.24, 2.45) is 5.92 Å². The zero-order valence-corrected chi connectivity index (χ0v) is 13.2. The highest BCUT2D eigenvalue weighted by atomic mass is 35.5. The Hall–Kier alpha value is -1.22. The summed E-state index contributed by atoms with van der Waals surface area (Å²) in [4.78, 5) is 16.3. The van der Waals surface area contributed by atoms with Crippen LogP contribution in [0.1, 0.15) is 31.2 Å². The lowest BCUT2D eigenvalue weighted by Gasteiger charge is -2.29. The fraction of sp³-hybridized carbons (Fsp3) is 0.588. The second kappa shape index (κ2) is 6.69. The van der Waals surface area contributed by atoms with E-state index in [9.17, 15) is 4.79 Å². The van der Waals surface area contributed by atoms with Crippen molar-refractivity contribution in [2.75, 3.05) is 30.4 Å². The van der Waals surface area contributed by atoms with Crippen LogP contribution in [0.3, 0.4) is 0 Å². The van der Waals surface area contributed by atoms with Gasteiger partial charge in [-0.1, -0.05) is 12.1 Å². The lowest BCUT2D eigenvalue weighted by atomic mass is 10.1. The summed E-state index contributed by atoms with van der Waals surface area (Å²) in [5, 5.41) is 0. The van der Waals surface area contributed by atoms with Gasteiger partial charge in [-0.15, -0.1) is 11.6 Å². The molecule has 1 unspecified atom stereocenters. The minimum atomic E-state index is 0.237. The van der Waals surface area contributed by atoms with Crippen LogP contribution in [0.15, 0.2) is 24.3 Å². The molecular weight excluding hydrogens is 284 g/mol. The molecule has 0 aromatic heterocycles. The Morgan fingerprint density at radius 1 is 1.10 bits per heavy atom. The van der Waals surface area contributed by atoms with Crippen molar-refractivity contribution in [1.82, 2.24) is 4.90 Å². The molecule has 2 aliphatic heterocycles. The number of nitrogens with zero attached hydrogens (tertiary/aromatic N) is 2. The second-order valence-electron chi connectivity index (χ2n) is 6.21. The predicted octanol–water partition coefficient (Wildman–Crippen LogP) is 3.26. The van der Waals surface area contributed by atoms with E-state index in [0.717, 1.165) is 6.54 Å². The number of hydrogen-bond donors (Lipinski definition) is 0. The lowest BCUT2D eigenvalue weighted by molar-refractivity contribution is -0.128. The first kappa shape index (κ1) is 14.7. The predicted molar refractivity (Wildman–Crippen MR) is 86.8 cm³/mol. The van der Waals surface area contributed by atoms with E-state index in [1.807, 2.05) is 4.90 Å². The number of carbonyl (C=O) groups is 1. The maximum Gasteiger partial charge on any atom is 0.223 e. The average Bonchev–Trinajstić information content (AvgIpc) is 2.89. The summed E-state index contributed by atoms with van der Waals surface area (Å²) >= 11 is 5.86. The fourth-order valence-electron chi connectivity index (χ4n) is 3.29. The Balaban J connectivity index is 1.60. The number of amides is 1. The Kier molecular flexibility index (Phi) is 4.69. The molecule has 0 saturated carbocycles. The molecule has 114 valence electrons. The van der Waals surface area contributed by atoms with Gasteiger partial charge in [0, 0.05) is 44.2 Å². The molecule has 0 spiro atoms. The minimum absolute atomic E-state index is 0.237. The molecule has 0 aliphatic carbocycles. The molecule has 1 aromatic rings. The van der Waals surface area contributed by atoms with Gasteiger partial charge in [0.2, 0.25) is 5.91 Å². The molecule has 2 saturated heterocycles. The van der Waals surface area contributed by atoms with Crippen LogP contribution in [-0.4, -0.2) is 36.3 Å². The van der Waals surface area contributed by atoms with Gasteiger partial charge >= 0.3 is 0 Å². The molecule has 2 fully saturated rings. The van der Waals surface area contributed by atoms with Gasteiger partial charge in [0.25, 0.3) is 0 Å². The van der Waals surface area contributed by atoms with Crippen molar-refractivity contribution in [3.05, 3.63) is 29.8 Å². The van der Waals surface area contributed by atoms with E-state index in [2.05, 4.69) is 29.2 Å². The van der Waals surface area contributed by atoms with E-state index in [4.69, 9.17) is 11.6 Å². The lowest BCUT2D eigenvalue weighted by Crippen LogP contribution is -2.29. The summed E-state index contributed by atoms with van der Waals surface area (Å²) in [5.74, 6) is 1.14. The van der Waals surface area contributed by atoms with Gasteiger partial charge in [0.1, 0.15) is 0 Å². The van der Waals surface area contributed by atoms with Gasteiger partial charge in [-0.3, -0.25) is 4.79 Å². The molecule has 2 heterocycles. The van der Waals surface area contributed by atoms with Gasteiger partial charge in [-0.2, -0.15) is 0 Å². The standard InChI is InChI=1S/C17H23ClN2O/c18-11-15-10-17(21)20(13-15)12-14-4-6-16(7-5-14)19-8-2-1-3-9-19/h4-7,15H,1-3,8-13H2. The molecule has 1 amide bonds. The van der Waals surface area contributed by atoms with Crippen molar-refractivity contribution in [1.29, 1.82) is 0 Å². The summed E-state index contributed by atoms with van der Waals surface area (Å²) in [7, 11) is 0. The Morgan fingerprint density at radius 3 is 2.43 bits per heavy atom. The number of alkyl halides is 1. The first-order chi connectivity index (χ1) is 10.3. The van der Waals surface area contributed by atoms with E-state index < -0.39 is 0 Å². The third kappa shape index (κ3) is 3.52. The molecule has 21 heavy (non-hydrogen) atoms. The highest BCUT2D eigenvalue weighted by molar-refractivity contribution is 6.18. The highest BCUT2D eigenvalue weighted by Gasteiger charge is 2.28. The summed E-state index contributed by atoms with van der Waals surface area (Å²) in [6.07, 6.45) is 4.55. The molecule has 0 N–H and O–H groups in total. The molecule has 3 nitrogen and oxygen atoms in total. The Morgan fingerprint density at radius 2 is 1.81 bits per heavy atom. The quantitative estimate of drug-likeness (QED) is 0.797. The first-order valence-corrected chi connectivity index (χ1v) is 8.47. The normalized spacial score (nSPS) is 22.9. The van der Waals surface area contributed by atoms with Crippen molar-refractivity contribution >= 4 is 23.2 Å². The van der Waals surface area contributed by atoms with Crippen molar-refractivity contribution in [2.45, 2.75) is 32.2 Å². The van der Waals surface area contributed by atoms with Gasteiger partial charge in [-0.05, 0) is 42.9 Å². The van der Waals surface area contributed by atoms with E-state index in [0.29, 0.717) is 24.8 Å². The fourth-order valence-corrected chi connectivity index (χ4v) is 3.50. The number of hydrogen-bond acceptors (Lipinski definition) is 2. The Labute approximate surface area is 131 Å². The zero-order chi connectivity index (χ0) is 14.7. The largest absolute Gasteiger partial charge is 0.372 e. The molecule has 4 heteroatoms. The summed E-state index contributed by atoms with van der Waals surface area (Å²) in [5.41, 5.74) is 2.52. The van der Waals surface area contributed by atoms with Crippen LogP contribution in [-0.2, 0) is 11.3 Å². The molecule has 1 atom stereocenters. The molecule has 3 rings (SSSR count). The van der Waals surface area contributed by atoms with Crippen LogP contribution >= 0.6 is 11.6 Å². The van der Waals surface area contributed by atoms with Gasteiger partial charge in [0.05, 0.1) is 0 Å². The molecule has 2 aliphatic rings. The summed E-state index contributed by atoms with van der Waals surface area (Å²) in [6, 6.07) is 8.71. The number of carbonyl (C=O) groups excluding carboxylic acids is 1. The third-order valence-corrected chi connectivity index (χ3v) is 4.98. The van der Waals surface area contributed by atoms with Crippen LogP contribution in [0.5, 0.6) is 0 Å². The Bertz CT molecular complexity index is 482. The monoisotopic (exact) mass is 306 g/mol. The minimum Gasteiger partial charge on any atom is -0.372 e. The number of likely N-dealkylation sites (tertiary alicyclic amines) is 1. The van der Waals surface area contributed by atoms with E-state index >= 15 is 0 Å². The number of anilines is 1. The van der Waals surface area contributed by atoms with Crippen LogP contribution < -0.4 is 4.90 Å². The molecule has 0 radical (unpaired) electrons. The molecule has 0 bridgehead atoms. The van der Waals surface area contributed by atoms with Crippen molar-refractivity contribution in [3.8, 4) is 0 Å². The van der Waals surface area contributed by atoms with Gasteiger partial charge < -0.3 is 9.80 Å². The highest BCUT2D eigenvalue weighted by Crippen LogP contribution is 2.23. The van der Waals surface area contributed by atoms with E-state index in [-0.39, 0.29) is 5.91 Å². The topological polar surface area (TPSA) is 23.6 Å². The maximum atomic E-state index is 11.9. The maximum absolute atomic E-state index is 11.9. The number of benzene rings is 1. The van der Waals surface area contributed by atoms with Gasteiger partial charge in [0.15, 0.2) is 0 Å². The van der Waals surface area contributed by atoms with Crippen LogP contribution in [0, 0.1) is 5.92 Å². The summed E-state index contributed by atoms with van der Waals surface area (Å²) < 4.78 is 0. The van der Waals surface area contributed by atoms with E-state index in [1.54, 1.807) is 0 Å².